The number of ether oxygens (including phenoxy) is 4. The smallest absolute Gasteiger partial charge is 0.272 e. The molecule has 0 aliphatic heterocycles. The summed E-state index contributed by atoms with van der Waals surface area (Å²) in [6.45, 7) is 19.3. The third-order valence-corrected chi connectivity index (χ3v) is 11.2. The molecule has 0 fully saturated rings. The van der Waals surface area contributed by atoms with Gasteiger partial charge in [-0.3, -0.25) is 28.5 Å². The molecular formula is C51H78N8O10. The Hall–Kier alpha value is -6.14. The number of nitrogens with one attached hydrogen (secondary N) is 4. The van der Waals surface area contributed by atoms with Crippen molar-refractivity contribution in [3.63, 3.8) is 0 Å². The number of hydrogen-bond donors (Lipinski definition) is 6. The van der Waals surface area contributed by atoms with Gasteiger partial charge >= 0.3 is 0 Å². The minimum atomic E-state index is -0.363. The van der Waals surface area contributed by atoms with Gasteiger partial charge in [-0.2, -0.15) is 10.2 Å². The van der Waals surface area contributed by atoms with Crippen molar-refractivity contribution in [2.45, 2.75) is 113 Å². The summed E-state index contributed by atoms with van der Waals surface area (Å²) in [5.41, 5.74) is 3.39. The maximum absolute atomic E-state index is 13.3. The summed E-state index contributed by atoms with van der Waals surface area (Å²) in [5, 5.41) is 38.4. The Morgan fingerprint density at radius 3 is 1.33 bits per heavy atom. The van der Waals surface area contributed by atoms with Gasteiger partial charge in [-0.1, -0.05) is 67.5 Å². The lowest BCUT2D eigenvalue weighted by molar-refractivity contribution is -0.122. The Labute approximate surface area is 408 Å². The SMILES string of the molecule is COc1cccc(OC)c1-c1cc(C(=O)N[C@H](CC(=O)NCCO)CC(C)C)nn1C(C)C(C)C.COc1cccc(OC)c1-c1cc(C(=O)N[C@H](CC(=O)NCCO)CC(C)C)nn1CC(C)C. The summed E-state index contributed by atoms with van der Waals surface area (Å²) in [5.74, 6) is 2.44. The van der Waals surface area contributed by atoms with Crippen LogP contribution in [0.15, 0.2) is 48.5 Å². The lowest BCUT2D eigenvalue weighted by atomic mass is 10.0. The third-order valence-electron chi connectivity index (χ3n) is 11.2. The molecule has 0 bridgehead atoms. The third kappa shape index (κ3) is 17.1. The number of carbonyl (C=O) groups excluding carboxylic acids is 4. The van der Waals surface area contributed by atoms with Crippen molar-refractivity contribution >= 4 is 23.6 Å². The summed E-state index contributed by atoms with van der Waals surface area (Å²) in [7, 11) is 6.37. The quantitative estimate of drug-likeness (QED) is 0.0408. The number of methoxy groups -OCH3 is 4. The molecule has 18 nitrogen and oxygen atoms in total. The first-order chi connectivity index (χ1) is 32.8. The Morgan fingerprint density at radius 1 is 0.580 bits per heavy atom. The van der Waals surface area contributed by atoms with Gasteiger partial charge in [-0.05, 0) is 79.8 Å². The van der Waals surface area contributed by atoms with E-state index in [-0.39, 0.29) is 110 Å². The Kier molecular flexibility index (Phi) is 23.5. The van der Waals surface area contributed by atoms with E-state index in [2.05, 4.69) is 66.1 Å². The highest BCUT2D eigenvalue weighted by Gasteiger charge is 2.28. The lowest BCUT2D eigenvalue weighted by Gasteiger charge is -2.21. The van der Waals surface area contributed by atoms with E-state index in [1.54, 1.807) is 45.3 Å². The topological polar surface area (TPSA) is 229 Å². The van der Waals surface area contributed by atoms with E-state index in [4.69, 9.17) is 29.2 Å². The second-order valence-corrected chi connectivity index (χ2v) is 18.6. The highest BCUT2D eigenvalue weighted by molar-refractivity contribution is 5.95. The van der Waals surface area contributed by atoms with Crippen molar-refractivity contribution in [3.8, 4) is 45.5 Å². The van der Waals surface area contributed by atoms with Crippen molar-refractivity contribution in [1.82, 2.24) is 40.8 Å². The van der Waals surface area contributed by atoms with Crippen LogP contribution in [0.3, 0.4) is 0 Å². The van der Waals surface area contributed by atoms with Crippen molar-refractivity contribution in [2.75, 3.05) is 54.7 Å². The largest absolute Gasteiger partial charge is 0.496 e. The standard InChI is InChI=1S/C26H40N4O5.C25H38N4O5/c1-16(2)13-19(14-24(32)27-11-12-31)28-26(33)20-15-21(30(29-20)18(5)17(3)4)25-22(34-6)9-8-10-23(25)35-7;1-16(2)12-18(13-23(31)26-10-11-30)27-25(32)19-14-20(29(28-19)15-17(3)4)24-21(33-5)8-7-9-22(24)34-6/h8-10,15-19,31H,11-14H2,1-7H3,(H,27,32)(H,28,33);7-9,14,16-18,30H,10-13,15H2,1-6H3,(H,26,31)(H,27,32)/t18?,19-;18-/m00/s1. The predicted molar refractivity (Wildman–Crippen MR) is 267 cm³/mol. The fourth-order valence-corrected chi connectivity index (χ4v) is 7.73. The first-order valence-corrected chi connectivity index (χ1v) is 23.8. The second-order valence-electron chi connectivity index (χ2n) is 18.6. The Morgan fingerprint density at radius 2 is 0.971 bits per heavy atom. The number of aromatic nitrogens is 4. The molecule has 0 aliphatic carbocycles. The molecule has 1 unspecified atom stereocenters. The molecule has 0 spiro atoms. The van der Waals surface area contributed by atoms with Crippen LogP contribution in [-0.2, 0) is 16.1 Å². The number of amides is 4. The Bertz CT molecular complexity index is 2210. The highest BCUT2D eigenvalue weighted by Crippen LogP contribution is 2.41. The van der Waals surface area contributed by atoms with Crippen LogP contribution in [0, 0.1) is 23.7 Å². The summed E-state index contributed by atoms with van der Waals surface area (Å²) in [6, 6.07) is 13.8. The zero-order valence-corrected chi connectivity index (χ0v) is 43.0. The summed E-state index contributed by atoms with van der Waals surface area (Å²) < 4.78 is 26.0. The first kappa shape index (κ1) is 57.2. The molecule has 2 heterocycles. The van der Waals surface area contributed by atoms with Crippen molar-refractivity contribution in [3.05, 3.63) is 59.9 Å². The minimum absolute atomic E-state index is 0.00288. The summed E-state index contributed by atoms with van der Waals surface area (Å²) in [6.07, 6.45) is 1.52. The van der Waals surface area contributed by atoms with Crippen molar-refractivity contribution < 1.29 is 48.3 Å². The van der Waals surface area contributed by atoms with Gasteiger partial charge in [0.25, 0.3) is 11.8 Å². The molecule has 0 aliphatic rings. The number of aliphatic hydroxyl groups is 2. The molecular weight excluding hydrogens is 885 g/mol. The molecule has 69 heavy (non-hydrogen) atoms. The van der Waals surface area contributed by atoms with Crippen LogP contribution in [0.2, 0.25) is 0 Å². The second kappa shape index (κ2) is 28.4. The number of benzene rings is 2. The van der Waals surface area contributed by atoms with Gasteiger partial charge in [0, 0.05) is 44.6 Å². The highest BCUT2D eigenvalue weighted by atomic mass is 16.5. The van der Waals surface area contributed by atoms with E-state index in [1.807, 2.05) is 68.8 Å². The zero-order valence-electron chi connectivity index (χ0n) is 43.0. The van der Waals surface area contributed by atoms with Gasteiger partial charge in [0.15, 0.2) is 11.4 Å². The van der Waals surface area contributed by atoms with Gasteiger partial charge in [-0.25, -0.2) is 0 Å². The number of rotatable bonds is 26. The molecule has 2 aromatic heterocycles. The molecule has 0 saturated heterocycles. The molecule has 4 rings (SSSR count). The van der Waals surface area contributed by atoms with Crippen LogP contribution < -0.4 is 40.2 Å². The molecule has 0 radical (unpaired) electrons. The van der Waals surface area contributed by atoms with Crippen molar-refractivity contribution in [1.29, 1.82) is 0 Å². The van der Waals surface area contributed by atoms with Gasteiger partial charge in [0.05, 0.1) is 70.2 Å². The summed E-state index contributed by atoms with van der Waals surface area (Å²) in [4.78, 5) is 50.9. The van der Waals surface area contributed by atoms with Gasteiger partial charge < -0.3 is 50.4 Å². The monoisotopic (exact) mass is 963 g/mol. The normalized spacial score (nSPS) is 12.5. The molecule has 2 aromatic carbocycles. The predicted octanol–water partition coefficient (Wildman–Crippen LogP) is 6.29. The van der Waals surface area contributed by atoms with Crippen LogP contribution >= 0.6 is 0 Å². The van der Waals surface area contributed by atoms with E-state index in [1.165, 1.54) is 0 Å². The molecule has 18 heteroatoms. The van der Waals surface area contributed by atoms with Gasteiger partial charge in [-0.15, -0.1) is 0 Å². The molecule has 4 amide bonds. The molecule has 4 aromatic rings. The van der Waals surface area contributed by atoms with Crippen molar-refractivity contribution in [2.24, 2.45) is 23.7 Å². The number of nitrogens with zero attached hydrogens (tertiary/aromatic N) is 4. The van der Waals surface area contributed by atoms with Gasteiger partial charge in [0.1, 0.15) is 23.0 Å². The van der Waals surface area contributed by atoms with E-state index in [9.17, 15) is 19.2 Å². The van der Waals surface area contributed by atoms with Gasteiger partial charge in [0.2, 0.25) is 11.8 Å². The maximum atomic E-state index is 13.3. The van der Waals surface area contributed by atoms with Crippen LogP contribution in [0.1, 0.15) is 115 Å². The van der Waals surface area contributed by atoms with Crippen LogP contribution in [0.5, 0.6) is 23.0 Å². The average molecular weight is 963 g/mol. The average Bonchev–Trinajstić information content (AvgIpc) is 3.93. The first-order valence-electron chi connectivity index (χ1n) is 23.8. The van der Waals surface area contributed by atoms with E-state index >= 15 is 0 Å². The number of carbonyl (C=O) groups is 4. The fourth-order valence-electron chi connectivity index (χ4n) is 7.73. The van der Waals surface area contributed by atoms with E-state index in [0.29, 0.717) is 59.7 Å². The molecule has 6 N–H and O–H groups in total. The number of aliphatic hydroxyl groups excluding tert-OH is 2. The number of hydrogen-bond acceptors (Lipinski definition) is 12. The van der Waals surface area contributed by atoms with E-state index in [0.717, 1.165) is 11.1 Å². The fraction of sp³-hybridized carbons (Fsp3) is 0.569. The summed E-state index contributed by atoms with van der Waals surface area (Å²) >= 11 is 0. The lowest BCUT2D eigenvalue weighted by Crippen LogP contribution is -2.40. The van der Waals surface area contributed by atoms with Crippen LogP contribution in [0.25, 0.3) is 22.5 Å². The zero-order chi connectivity index (χ0) is 51.4. The van der Waals surface area contributed by atoms with E-state index < -0.39 is 0 Å². The minimum Gasteiger partial charge on any atom is -0.496 e. The van der Waals surface area contributed by atoms with Crippen LogP contribution in [0.4, 0.5) is 0 Å². The molecule has 3 atom stereocenters. The van der Waals surface area contributed by atoms with Crippen LogP contribution in [-0.4, -0.2) is 120 Å². The maximum Gasteiger partial charge on any atom is 0.272 e. The molecule has 382 valence electrons. The Balaban J connectivity index is 0.000000365. The molecule has 0 saturated carbocycles.